The van der Waals surface area contributed by atoms with Crippen LogP contribution in [0.15, 0.2) is 12.1 Å². The molecule has 6 nitrogen and oxygen atoms in total. The largest absolute Gasteiger partial charge is 0.478 e. The minimum absolute atomic E-state index is 0.183. The number of carboxylic acids is 1. The number of hydrogen-bond donors (Lipinski definition) is 1. The van der Waals surface area contributed by atoms with E-state index in [4.69, 9.17) is 19.3 Å². The molecule has 0 spiro atoms. The van der Waals surface area contributed by atoms with Gasteiger partial charge in [0.1, 0.15) is 6.61 Å². The van der Waals surface area contributed by atoms with Crippen LogP contribution in [0.2, 0.25) is 0 Å². The molecule has 0 saturated carbocycles. The van der Waals surface area contributed by atoms with E-state index in [-0.39, 0.29) is 5.56 Å². The molecule has 106 valence electrons. The van der Waals surface area contributed by atoms with Gasteiger partial charge in [-0.15, -0.1) is 0 Å². The molecule has 0 aliphatic rings. The van der Waals surface area contributed by atoms with E-state index in [0.29, 0.717) is 44.4 Å². The van der Waals surface area contributed by atoms with Crippen molar-refractivity contribution in [2.45, 2.75) is 13.3 Å². The summed E-state index contributed by atoms with van der Waals surface area (Å²) in [5.74, 6) is -0.676. The predicted octanol–water partition coefficient (Wildman–Crippen LogP) is 1.38. The molecule has 19 heavy (non-hydrogen) atoms. The number of carbonyl (C=O) groups is 1. The summed E-state index contributed by atoms with van der Waals surface area (Å²) in [5, 5.41) is 8.98. The molecule has 1 aromatic heterocycles. The predicted molar refractivity (Wildman–Crippen MR) is 68.8 cm³/mol. The summed E-state index contributed by atoms with van der Waals surface area (Å²) in [6.07, 6.45) is 0.655. The Morgan fingerprint density at radius 1 is 1.26 bits per heavy atom. The Kier molecular flexibility index (Phi) is 6.84. The van der Waals surface area contributed by atoms with Crippen molar-refractivity contribution in [1.82, 2.24) is 4.98 Å². The molecule has 0 aromatic carbocycles. The van der Waals surface area contributed by atoms with Gasteiger partial charge >= 0.3 is 5.97 Å². The molecular formula is C13H19NO5. The average Bonchev–Trinajstić information content (AvgIpc) is 2.42. The van der Waals surface area contributed by atoms with Gasteiger partial charge in [-0.1, -0.05) is 6.92 Å². The van der Waals surface area contributed by atoms with E-state index in [1.54, 1.807) is 13.2 Å². The molecule has 1 aromatic rings. The summed E-state index contributed by atoms with van der Waals surface area (Å²) < 4.78 is 15.5. The normalized spacial score (nSPS) is 10.4. The van der Waals surface area contributed by atoms with Crippen LogP contribution in [0.5, 0.6) is 5.88 Å². The van der Waals surface area contributed by atoms with Crippen molar-refractivity contribution in [2.75, 3.05) is 33.5 Å². The summed E-state index contributed by atoms with van der Waals surface area (Å²) >= 11 is 0. The molecule has 0 unspecified atom stereocenters. The van der Waals surface area contributed by atoms with Crippen molar-refractivity contribution < 1.29 is 24.1 Å². The number of rotatable bonds is 9. The van der Waals surface area contributed by atoms with Crippen LogP contribution in [0, 0.1) is 0 Å². The molecule has 0 saturated heterocycles. The highest BCUT2D eigenvalue weighted by atomic mass is 16.5. The molecule has 1 heterocycles. The van der Waals surface area contributed by atoms with Crippen LogP contribution in [0.4, 0.5) is 0 Å². The third-order valence-electron chi connectivity index (χ3n) is 2.37. The quantitative estimate of drug-likeness (QED) is 0.682. The Balaban J connectivity index is 2.48. The summed E-state index contributed by atoms with van der Waals surface area (Å²) in [4.78, 5) is 15.2. The first kappa shape index (κ1) is 15.4. The minimum atomic E-state index is -0.988. The maximum Gasteiger partial charge on any atom is 0.335 e. The molecule has 0 amide bonds. The highest BCUT2D eigenvalue weighted by Crippen LogP contribution is 2.13. The van der Waals surface area contributed by atoms with Crippen LogP contribution in [-0.2, 0) is 15.9 Å². The van der Waals surface area contributed by atoms with E-state index < -0.39 is 5.97 Å². The van der Waals surface area contributed by atoms with Crippen LogP contribution >= 0.6 is 0 Å². The van der Waals surface area contributed by atoms with Gasteiger partial charge in [0.2, 0.25) is 5.88 Å². The fourth-order valence-corrected chi connectivity index (χ4v) is 1.39. The second-order valence-electron chi connectivity index (χ2n) is 3.80. The lowest BCUT2D eigenvalue weighted by atomic mass is 10.2. The van der Waals surface area contributed by atoms with E-state index >= 15 is 0 Å². The minimum Gasteiger partial charge on any atom is -0.478 e. The number of methoxy groups -OCH3 is 1. The summed E-state index contributed by atoms with van der Waals surface area (Å²) in [6, 6.07) is 2.96. The first-order chi connectivity index (χ1) is 9.17. The zero-order valence-corrected chi connectivity index (χ0v) is 11.2. The molecule has 0 fully saturated rings. The van der Waals surface area contributed by atoms with Crippen LogP contribution in [-0.4, -0.2) is 49.6 Å². The number of hydrogen-bond acceptors (Lipinski definition) is 5. The molecule has 0 aliphatic heterocycles. The van der Waals surface area contributed by atoms with Gasteiger partial charge in [-0.2, -0.15) is 0 Å². The summed E-state index contributed by atoms with van der Waals surface area (Å²) in [5.41, 5.74) is 0.873. The smallest absolute Gasteiger partial charge is 0.335 e. The average molecular weight is 269 g/mol. The second kappa shape index (κ2) is 8.44. The fourth-order valence-electron chi connectivity index (χ4n) is 1.39. The third-order valence-corrected chi connectivity index (χ3v) is 2.37. The van der Waals surface area contributed by atoms with Crippen LogP contribution in [0.25, 0.3) is 0 Å². The molecule has 6 heteroatoms. The van der Waals surface area contributed by atoms with Gasteiger partial charge in [0, 0.05) is 18.9 Å². The van der Waals surface area contributed by atoms with Crippen molar-refractivity contribution in [3.8, 4) is 5.88 Å². The topological polar surface area (TPSA) is 77.9 Å². The molecular weight excluding hydrogens is 250 g/mol. The van der Waals surface area contributed by atoms with Crippen molar-refractivity contribution in [3.05, 3.63) is 23.4 Å². The second-order valence-corrected chi connectivity index (χ2v) is 3.80. The van der Waals surface area contributed by atoms with Gasteiger partial charge < -0.3 is 19.3 Å². The molecule has 1 rings (SSSR count). The van der Waals surface area contributed by atoms with E-state index in [1.165, 1.54) is 6.07 Å². The van der Waals surface area contributed by atoms with Crippen molar-refractivity contribution in [2.24, 2.45) is 0 Å². The zero-order valence-electron chi connectivity index (χ0n) is 11.2. The number of ether oxygens (including phenoxy) is 3. The van der Waals surface area contributed by atoms with Crippen LogP contribution in [0.3, 0.4) is 0 Å². The highest BCUT2D eigenvalue weighted by Gasteiger charge is 2.08. The lowest BCUT2D eigenvalue weighted by Gasteiger charge is -2.08. The Bertz CT molecular complexity index is 408. The fraction of sp³-hybridized carbons (Fsp3) is 0.538. The number of nitrogens with zero attached hydrogens (tertiary/aromatic N) is 1. The van der Waals surface area contributed by atoms with Gasteiger partial charge in [0.25, 0.3) is 0 Å². The molecule has 1 N–H and O–H groups in total. The number of aryl methyl sites for hydroxylation is 1. The van der Waals surface area contributed by atoms with E-state index in [9.17, 15) is 4.79 Å². The molecule has 0 bridgehead atoms. The standard InChI is InChI=1S/C13H19NO5/c1-3-11-8-10(13(15)16)9-12(14-11)19-7-6-18-5-4-17-2/h8-9H,3-7H2,1-2H3,(H,15,16). The number of carboxylic acid groups (broad SMARTS) is 1. The van der Waals surface area contributed by atoms with Gasteiger partial charge in [0.15, 0.2) is 0 Å². The molecule has 0 aliphatic carbocycles. The van der Waals surface area contributed by atoms with Crippen LogP contribution < -0.4 is 4.74 Å². The zero-order chi connectivity index (χ0) is 14.1. The SMILES string of the molecule is CCc1cc(C(=O)O)cc(OCCOCCOC)n1. The van der Waals surface area contributed by atoms with Gasteiger partial charge in [-0.3, -0.25) is 0 Å². The lowest BCUT2D eigenvalue weighted by molar-refractivity contribution is 0.0535. The molecule has 0 radical (unpaired) electrons. The number of aromatic nitrogens is 1. The van der Waals surface area contributed by atoms with Crippen molar-refractivity contribution in [3.63, 3.8) is 0 Å². The van der Waals surface area contributed by atoms with Gasteiger partial charge in [-0.25, -0.2) is 9.78 Å². The lowest BCUT2D eigenvalue weighted by Crippen LogP contribution is -2.11. The van der Waals surface area contributed by atoms with Gasteiger partial charge in [-0.05, 0) is 12.5 Å². The van der Waals surface area contributed by atoms with Gasteiger partial charge in [0.05, 0.1) is 25.4 Å². The third kappa shape index (κ3) is 5.67. The maximum absolute atomic E-state index is 10.9. The summed E-state index contributed by atoms with van der Waals surface area (Å²) in [7, 11) is 1.60. The maximum atomic E-state index is 10.9. The summed E-state index contributed by atoms with van der Waals surface area (Å²) in [6.45, 7) is 3.67. The Hall–Kier alpha value is -1.66. The molecule has 0 atom stereocenters. The van der Waals surface area contributed by atoms with E-state index in [0.717, 1.165) is 0 Å². The van der Waals surface area contributed by atoms with Crippen molar-refractivity contribution in [1.29, 1.82) is 0 Å². The Labute approximate surface area is 112 Å². The number of pyridine rings is 1. The first-order valence-electron chi connectivity index (χ1n) is 6.11. The Morgan fingerprint density at radius 3 is 2.63 bits per heavy atom. The van der Waals surface area contributed by atoms with E-state index in [2.05, 4.69) is 4.98 Å². The monoisotopic (exact) mass is 269 g/mol. The van der Waals surface area contributed by atoms with Crippen molar-refractivity contribution >= 4 is 5.97 Å². The number of aromatic carboxylic acids is 1. The highest BCUT2D eigenvalue weighted by molar-refractivity contribution is 5.88. The van der Waals surface area contributed by atoms with Crippen LogP contribution in [0.1, 0.15) is 23.0 Å². The first-order valence-corrected chi connectivity index (χ1v) is 6.11. The van der Waals surface area contributed by atoms with E-state index in [1.807, 2.05) is 6.92 Å². The Morgan fingerprint density at radius 2 is 2.00 bits per heavy atom.